The van der Waals surface area contributed by atoms with E-state index >= 15 is 0 Å². The topological polar surface area (TPSA) is 18.5 Å². The van der Waals surface area contributed by atoms with Gasteiger partial charge in [-0.2, -0.15) is 0 Å². The number of unbranched alkanes of at least 4 members (excludes halogenated alkanes) is 5. The lowest BCUT2D eigenvalue weighted by atomic mass is 10.1. The first kappa shape index (κ1) is 14.9. The van der Waals surface area contributed by atoms with Crippen LogP contribution in [0.5, 0.6) is 0 Å². The highest BCUT2D eigenvalue weighted by molar-refractivity contribution is 4.68. The molecule has 0 amide bonds. The Kier molecular flexibility index (Phi) is 8.67. The maximum absolute atomic E-state index is 3.21. The molecule has 0 aliphatic carbocycles. The smallest absolute Gasteiger partial charge is 0.0110 e. The number of rotatable bonds is 9. The van der Waals surface area contributed by atoms with E-state index in [9.17, 15) is 0 Å². The predicted molar refractivity (Wildman–Crippen MR) is 75.6 cm³/mol. The number of likely N-dealkylation sites (N-methyl/N-ethyl adjacent to an activating group) is 1. The summed E-state index contributed by atoms with van der Waals surface area (Å²) in [6.07, 6.45) is 8.41. The van der Waals surface area contributed by atoms with Crippen LogP contribution in [0.4, 0.5) is 0 Å². The molecule has 0 radical (unpaired) electrons. The summed E-state index contributed by atoms with van der Waals surface area (Å²) in [6.45, 7) is 7.57. The first-order chi connectivity index (χ1) is 8.33. The van der Waals surface area contributed by atoms with Crippen LogP contribution in [0.1, 0.15) is 38.5 Å². The number of piperazine rings is 1. The average Bonchev–Trinajstić information content (AvgIpc) is 2.35. The van der Waals surface area contributed by atoms with E-state index in [-0.39, 0.29) is 0 Å². The van der Waals surface area contributed by atoms with Crippen molar-refractivity contribution in [3.63, 3.8) is 0 Å². The third-order valence-corrected chi connectivity index (χ3v) is 3.75. The molecule has 0 spiro atoms. The molecule has 0 atom stereocenters. The van der Waals surface area contributed by atoms with E-state index in [4.69, 9.17) is 0 Å². The largest absolute Gasteiger partial charge is 0.320 e. The molecule has 102 valence electrons. The lowest BCUT2D eigenvalue weighted by Gasteiger charge is -2.32. The maximum Gasteiger partial charge on any atom is 0.0110 e. The molecule has 0 unspecified atom stereocenters. The molecule has 0 aromatic rings. The molecule has 0 saturated carbocycles. The fraction of sp³-hybridized carbons (Fsp3) is 1.00. The minimum absolute atomic E-state index is 1.18. The van der Waals surface area contributed by atoms with Gasteiger partial charge in [0.2, 0.25) is 0 Å². The van der Waals surface area contributed by atoms with Gasteiger partial charge in [-0.05, 0) is 40.0 Å². The van der Waals surface area contributed by atoms with E-state index in [0.29, 0.717) is 0 Å². The van der Waals surface area contributed by atoms with Crippen LogP contribution in [0, 0.1) is 0 Å². The minimum Gasteiger partial charge on any atom is -0.320 e. The van der Waals surface area contributed by atoms with Gasteiger partial charge in [0.05, 0.1) is 0 Å². The van der Waals surface area contributed by atoms with Crippen LogP contribution in [-0.2, 0) is 0 Å². The predicted octanol–water partition coefficient (Wildman–Crippen LogP) is 1.79. The highest BCUT2D eigenvalue weighted by atomic mass is 15.2. The van der Waals surface area contributed by atoms with E-state index in [0.717, 1.165) is 0 Å². The van der Waals surface area contributed by atoms with Crippen molar-refractivity contribution >= 4 is 0 Å². The van der Waals surface area contributed by atoms with Crippen LogP contribution in [0.2, 0.25) is 0 Å². The summed E-state index contributed by atoms with van der Waals surface area (Å²) >= 11 is 0. The minimum atomic E-state index is 1.18. The van der Waals surface area contributed by atoms with Crippen molar-refractivity contribution in [2.75, 3.05) is 53.4 Å². The molecule has 3 heteroatoms. The van der Waals surface area contributed by atoms with Gasteiger partial charge in [-0.25, -0.2) is 0 Å². The van der Waals surface area contributed by atoms with Gasteiger partial charge in [0.25, 0.3) is 0 Å². The summed E-state index contributed by atoms with van der Waals surface area (Å²) in [6, 6.07) is 0. The van der Waals surface area contributed by atoms with Crippen LogP contribution in [-0.4, -0.2) is 63.2 Å². The Morgan fingerprint density at radius 1 is 0.824 bits per heavy atom. The van der Waals surface area contributed by atoms with Crippen LogP contribution < -0.4 is 5.32 Å². The van der Waals surface area contributed by atoms with Crippen LogP contribution in [0.15, 0.2) is 0 Å². The van der Waals surface area contributed by atoms with Gasteiger partial charge in [-0.15, -0.1) is 0 Å². The maximum atomic E-state index is 3.21. The van der Waals surface area contributed by atoms with Gasteiger partial charge in [0, 0.05) is 26.2 Å². The van der Waals surface area contributed by atoms with Gasteiger partial charge in [-0.1, -0.05) is 25.7 Å². The number of hydrogen-bond donors (Lipinski definition) is 1. The summed E-state index contributed by atoms with van der Waals surface area (Å²) in [5.41, 5.74) is 0. The third-order valence-electron chi connectivity index (χ3n) is 3.75. The fourth-order valence-electron chi connectivity index (χ4n) is 2.42. The molecule has 1 saturated heterocycles. The summed E-state index contributed by atoms with van der Waals surface area (Å²) in [4.78, 5) is 5.05. The van der Waals surface area contributed by atoms with Crippen LogP contribution in [0.25, 0.3) is 0 Å². The molecular formula is C14H31N3. The Morgan fingerprint density at radius 2 is 1.41 bits per heavy atom. The second kappa shape index (κ2) is 9.86. The van der Waals surface area contributed by atoms with Crippen molar-refractivity contribution < 1.29 is 0 Å². The molecular weight excluding hydrogens is 210 g/mol. The summed E-state index contributed by atoms with van der Waals surface area (Å²) < 4.78 is 0. The summed E-state index contributed by atoms with van der Waals surface area (Å²) in [7, 11) is 4.26. The molecule has 1 rings (SSSR count). The van der Waals surface area contributed by atoms with Gasteiger partial charge in [-0.3, -0.25) is 0 Å². The Labute approximate surface area is 108 Å². The highest BCUT2D eigenvalue weighted by Crippen LogP contribution is 2.07. The van der Waals surface area contributed by atoms with Crippen molar-refractivity contribution in [3.8, 4) is 0 Å². The van der Waals surface area contributed by atoms with Crippen molar-refractivity contribution in [3.05, 3.63) is 0 Å². The molecule has 1 heterocycles. The summed E-state index contributed by atoms with van der Waals surface area (Å²) in [5, 5.41) is 3.21. The second-order valence-electron chi connectivity index (χ2n) is 5.37. The quantitative estimate of drug-likeness (QED) is 0.621. The molecule has 0 aromatic carbocycles. The fourth-order valence-corrected chi connectivity index (χ4v) is 2.42. The van der Waals surface area contributed by atoms with Crippen molar-refractivity contribution in [1.82, 2.24) is 15.1 Å². The van der Waals surface area contributed by atoms with Crippen molar-refractivity contribution in [2.24, 2.45) is 0 Å². The first-order valence-electron chi connectivity index (χ1n) is 7.38. The van der Waals surface area contributed by atoms with Gasteiger partial charge in [0.15, 0.2) is 0 Å². The zero-order valence-corrected chi connectivity index (χ0v) is 11.9. The Bertz CT molecular complexity index is 165. The number of nitrogens with one attached hydrogen (secondary N) is 1. The standard InChI is InChI=1S/C14H31N3/c1-15-9-7-5-3-4-6-8-10-17-13-11-16(2)12-14-17/h15H,3-14H2,1-2H3. The van der Waals surface area contributed by atoms with E-state index in [1.165, 1.54) is 77.8 Å². The molecule has 1 N–H and O–H groups in total. The molecule has 17 heavy (non-hydrogen) atoms. The summed E-state index contributed by atoms with van der Waals surface area (Å²) in [5.74, 6) is 0. The van der Waals surface area contributed by atoms with E-state index < -0.39 is 0 Å². The van der Waals surface area contributed by atoms with E-state index in [2.05, 4.69) is 22.2 Å². The monoisotopic (exact) mass is 241 g/mol. The molecule has 0 bridgehead atoms. The zero-order chi connectivity index (χ0) is 12.3. The first-order valence-corrected chi connectivity index (χ1v) is 7.38. The van der Waals surface area contributed by atoms with Gasteiger partial charge >= 0.3 is 0 Å². The van der Waals surface area contributed by atoms with Crippen LogP contribution >= 0.6 is 0 Å². The van der Waals surface area contributed by atoms with E-state index in [1.807, 2.05) is 7.05 Å². The normalized spacial score (nSPS) is 18.7. The highest BCUT2D eigenvalue weighted by Gasteiger charge is 2.12. The molecule has 1 aliphatic heterocycles. The lowest BCUT2D eigenvalue weighted by molar-refractivity contribution is 0.152. The van der Waals surface area contributed by atoms with Gasteiger partial charge in [0.1, 0.15) is 0 Å². The average molecular weight is 241 g/mol. The third kappa shape index (κ3) is 7.74. The van der Waals surface area contributed by atoms with Crippen molar-refractivity contribution in [1.29, 1.82) is 0 Å². The molecule has 1 fully saturated rings. The second-order valence-corrected chi connectivity index (χ2v) is 5.37. The lowest BCUT2D eigenvalue weighted by Crippen LogP contribution is -2.44. The Balaban J connectivity index is 1.81. The zero-order valence-electron chi connectivity index (χ0n) is 11.9. The number of nitrogens with zero attached hydrogens (tertiary/aromatic N) is 2. The molecule has 0 aromatic heterocycles. The Hall–Kier alpha value is -0.120. The van der Waals surface area contributed by atoms with Crippen molar-refractivity contribution in [2.45, 2.75) is 38.5 Å². The number of hydrogen-bond acceptors (Lipinski definition) is 3. The molecule has 3 nitrogen and oxygen atoms in total. The van der Waals surface area contributed by atoms with Gasteiger partial charge < -0.3 is 15.1 Å². The Morgan fingerprint density at radius 3 is 2.06 bits per heavy atom. The SMILES string of the molecule is CNCCCCCCCCN1CCN(C)CC1. The van der Waals surface area contributed by atoms with Crippen LogP contribution in [0.3, 0.4) is 0 Å². The van der Waals surface area contributed by atoms with E-state index in [1.54, 1.807) is 0 Å². The molecule has 1 aliphatic rings.